The SMILES string of the molecule is CCN1CCC(N(C(=O)NCc2ccc(F)cc2)C2CCNCC2)CC1. The zero-order valence-electron chi connectivity index (χ0n) is 15.7. The van der Waals surface area contributed by atoms with Crippen LogP contribution in [0, 0.1) is 5.82 Å². The molecule has 0 aliphatic carbocycles. The fourth-order valence-electron chi connectivity index (χ4n) is 4.10. The Morgan fingerprint density at radius 2 is 1.77 bits per heavy atom. The fraction of sp³-hybridized carbons (Fsp3) is 0.650. The van der Waals surface area contributed by atoms with E-state index in [0.717, 1.165) is 64.0 Å². The summed E-state index contributed by atoms with van der Waals surface area (Å²) in [5.41, 5.74) is 0.922. The molecule has 2 fully saturated rings. The van der Waals surface area contributed by atoms with Crippen molar-refractivity contribution in [2.45, 2.75) is 51.2 Å². The summed E-state index contributed by atoms with van der Waals surface area (Å²) < 4.78 is 13.1. The van der Waals surface area contributed by atoms with Crippen molar-refractivity contribution in [3.05, 3.63) is 35.6 Å². The molecule has 2 N–H and O–H groups in total. The Morgan fingerprint density at radius 3 is 2.38 bits per heavy atom. The Kier molecular flexibility index (Phi) is 6.86. The van der Waals surface area contributed by atoms with Crippen molar-refractivity contribution >= 4 is 6.03 Å². The summed E-state index contributed by atoms with van der Waals surface area (Å²) in [4.78, 5) is 17.6. The zero-order chi connectivity index (χ0) is 18.4. The van der Waals surface area contributed by atoms with E-state index in [1.165, 1.54) is 12.1 Å². The van der Waals surface area contributed by atoms with E-state index in [4.69, 9.17) is 0 Å². The van der Waals surface area contributed by atoms with Crippen LogP contribution in [0.5, 0.6) is 0 Å². The van der Waals surface area contributed by atoms with Crippen molar-refractivity contribution in [1.82, 2.24) is 20.4 Å². The van der Waals surface area contributed by atoms with Crippen molar-refractivity contribution in [1.29, 1.82) is 0 Å². The summed E-state index contributed by atoms with van der Waals surface area (Å²) in [5.74, 6) is -0.251. The van der Waals surface area contributed by atoms with Crippen molar-refractivity contribution in [2.24, 2.45) is 0 Å². The van der Waals surface area contributed by atoms with Crippen LogP contribution in [0.15, 0.2) is 24.3 Å². The number of likely N-dealkylation sites (tertiary alicyclic amines) is 1. The molecule has 3 rings (SSSR count). The van der Waals surface area contributed by atoms with Crippen LogP contribution in [0.2, 0.25) is 0 Å². The van der Waals surface area contributed by atoms with Gasteiger partial charge >= 0.3 is 6.03 Å². The number of rotatable bonds is 5. The largest absolute Gasteiger partial charge is 0.334 e. The Hall–Kier alpha value is -1.66. The quantitative estimate of drug-likeness (QED) is 0.846. The minimum absolute atomic E-state index is 0.0242. The van der Waals surface area contributed by atoms with E-state index in [1.54, 1.807) is 12.1 Å². The van der Waals surface area contributed by atoms with Gasteiger partial charge in [-0.3, -0.25) is 0 Å². The van der Waals surface area contributed by atoms with E-state index < -0.39 is 0 Å². The maximum Gasteiger partial charge on any atom is 0.318 e. The number of nitrogens with one attached hydrogen (secondary N) is 2. The van der Waals surface area contributed by atoms with Gasteiger partial charge in [-0.15, -0.1) is 0 Å². The molecule has 0 saturated carbocycles. The molecule has 26 heavy (non-hydrogen) atoms. The second kappa shape index (κ2) is 9.33. The van der Waals surface area contributed by atoms with Crippen molar-refractivity contribution in [3.63, 3.8) is 0 Å². The molecule has 0 atom stereocenters. The van der Waals surface area contributed by atoms with Crippen LogP contribution in [0.3, 0.4) is 0 Å². The van der Waals surface area contributed by atoms with Crippen LogP contribution in [-0.2, 0) is 6.54 Å². The molecule has 6 heteroatoms. The predicted octanol–water partition coefficient (Wildman–Crippen LogP) is 2.57. The summed E-state index contributed by atoms with van der Waals surface area (Å²) in [6, 6.07) is 6.97. The lowest BCUT2D eigenvalue weighted by atomic mass is 9.97. The molecule has 0 spiro atoms. The highest BCUT2D eigenvalue weighted by Crippen LogP contribution is 2.23. The number of amides is 2. The summed E-state index contributed by atoms with van der Waals surface area (Å²) in [6.45, 7) is 7.79. The third-order valence-electron chi connectivity index (χ3n) is 5.69. The number of hydrogen-bond acceptors (Lipinski definition) is 3. The summed E-state index contributed by atoms with van der Waals surface area (Å²) >= 11 is 0. The maximum atomic E-state index is 13.1. The van der Waals surface area contributed by atoms with Gasteiger partial charge in [-0.1, -0.05) is 19.1 Å². The minimum atomic E-state index is -0.251. The fourth-order valence-corrected chi connectivity index (χ4v) is 4.10. The number of nitrogens with zero attached hydrogens (tertiary/aromatic N) is 2. The number of urea groups is 1. The lowest BCUT2D eigenvalue weighted by molar-refractivity contribution is 0.0849. The average Bonchev–Trinajstić information content (AvgIpc) is 2.69. The number of benzene rings is 1. The van der Waals surface area contributed by atoms with Gasteiger partial charge in [0.2, 0.25) is 0 Å². The first-order chi connectivity index (χ1) is 12.7. The monoisotopic (exact) mass is 362 g/mol. The number of hydrogen-bond donors (Lipinski definition) is 2. The lowest BCUT2D eigenvalue weighted by Gasteiger charge is -2.43. The summed E-state index contributed by atoms with van der Waals surface area (Å²) in [6.07, 6.45) is 4.11. The first-order valence-corrected chi connectivity index (χ1v) is 9.91. The zero-order valence-corrected chi connectivity index (χ0v) is 15.7. The molecule has 1 aromatic carbocycles. The minimum Gasteiger partial charge on any atom is -0.334 e. The first-order valence-electron chi connectivity index (χ1n) is 9.91. The Bertz CT molecular complexity index is 566. The maximum absolute atomic E-state index is 13.1. The highest BCUT2D eigenvalue weighted by molar-refractivity contribution is 5.75. The molecular weight excluding hydrogens is 331 g/mol. The number of halogens is 1. The Labute approximate surface area is 155 Å². The molecule has 2 saturated heterocycles. The standard InChI is InChI=1S/C20H31FN4O/c1-2-24-13-9-19(10-14-24)25(18-7-11-22-12-8-18)20(26)23-15-16-3-5-17(21)6-4-16/h3-6,18-19,22H,2,7-15H2,1H3,(H,23,26). The van der Waals surface area contributed by atoms with Gasteiger partial charge in [0.05, 0.1) is 0 Å². The van der Waals surface area contributed by atoms with E-state index in [2.05, 4.69) is 27.4 Å². The van der Waals surface area contributed by atoms with Gasteiger partial charge in [0.15, 0.2) is 0 Å². The molecule has 2 heterocycles. The van der Waals surface area contributed by atoms with Crippen molar-refractivity contribution < 1.29 is 9.18 Å². The molecule has 0 radical (unpaired) electrons. The third-order valence-corrected chi connectivity index (χ3v) is 5.69. The molecule has 0 aromatic heterocycles. The molecular formula is C20H31FN4O. The van der Waals surface area contributed by atoms with Crippen molar-refractivity contribution in [2.75, 3.05) is 32.7 Å². The van der Waals surface area contributed by atoms with Gasteiger partial charge in [0.25, 0.3) is 0 Å². The van der Waals surface area contributed by atoms with Crippen molar-refractivity contribution in [3.8, 4) is 0 Å². The third kappa shape index (κ3) is 4.95. The van der Waals surface area contributed by atoms with Crippen LogP contribution >= 0.6 is 0 Å². The second-order valence-electron chi connectivity index (χ2n) is 7.34. The van der Waals surface area contributed by atoms with Crippen LogP contribution in [0.25, 0.3) is 0 Å². The molecule has 144 valence electrons. The number of piperidine rings is 2. The molecule has 1 aromatic rings. The molecule has 0 bridgehead atoms. The molecule has 2 aliphatic heterocycles. The normalized spacial score (nSPS) is 20.1. The predicted molar refractivity (Wildman–Crippen MR) is 102 cm³/mol. The van der Waals surface area contributed by atoms with E-state index >= 15 is 0 Å². The highest BCUT2D eigenvalue weighted by Gasteiger charge is 2.33. The Morgan fingerprint density at radius 1 is 1.15 bits per heavy atom. The smallest absolute Gasteiger partial charge is 0.318 e. The molecule has 5 nitrogen and oxygen atoms in total. The van der Waals surface area contributed by atoms with Gasteiger partial charge in [0.1, 0.15) is 5.82 Å². The van der Waals surface area contributed by atoms with E-state index in [0.29, 0.717) is 18.6 Å². The highest BCUT2D eigenvalue weighted by atomic mass is 19.1. The average molecular weight is 362 g/mol. The molecule has 0 unspecified atom stereocenters. The first kappa shape index (κ1) is 19.1. The van der Waals surface area contributed by atoms with Gasteiger partial charge in [-0.25, -0.2) is 9.18 Å². The lowest BCUT2D eigenvalue weighted by Crippen LogP contribution is -2.56. The van der Waals surface area contributed by atoms with Crippen LogP contribution in [-0.4, -0.2) is 60.6 Å². The van der Waals surface area contributed by atoms with E-state index in [9.17, 15) is 9.18 Å². The number of carbonyl (C=O) groups is 1. The van der Waals surface area contributed by atoms with Crippen LogP contribution in [0.4, 0.5) is 9.18 Å². The second-order valence-corrected chi connectivity index (χ2v) is 7.34. The van der Waals surface area contributed by atoms with Gasteiger partial charge in [0, 0.05) is 31.7 Å². The molecule has 2 amide bonds. The van der Waals surface area contributed by atoms with Crippen LogP contribution in [0.1, 0.15) is 38.2 Å². The Balaban J connectivity index is 1.63. The van der Waals surface area contributed by atoms with Gasteiger partial charge < -0.3 is 20.4 Å². The van der Waals surface area contributed by atoms with E-state index in [-0.39, 0.29) is 11.8 Å². The number of carbonyl (C=O) groups excluding carboxylic acids is 1. The van der Waals surface area contributed by atoms with Gasteiger partial charge in [-0.2, -0.15) is 0 Å². The molecule has 2 aliphatic rings. The topological polar surface area (TPSA) is 47.6 Å². The summed E-state index contributed by atoms with van der Waals surface area (Å²) in [7, 11) is 0. The van der Waals surface area contributed by atoms with Crippen LogP contribution < -0.4 is 10.6 Å². The van der Waals surface area contributed by atoms with Gasteiger partial charge in [-0.05, 0) is 63.0 Å². The van der Waals surface area contributed by atoms with E-state index in [1.807, 2.05) is 0 Å². The summed E-state index contributed by atoms with van der Waals surface area (Å²) in [5, 5.41) is 6.46.